The van der Waals surface area contributed by atoms with Gasteiger partial charge in [-0.3, -0.25) is 4.98 Å². The van der Waals surface area contributed by atoms with Gasteiger partial charge in [-0.25, -0.2) is 0 Å². The lowest BCUT2D eigenvalue weighted by Crippen LogP contribution is -2.14. The van der Waals surface area contributed by atoms with Crippen molar-refractivity contribution in [3.05, 3.63) is 23.0 Å². The Morgan fingerprint density at radius 1 is 1.38 bits per heavy atom. The van der Waals surface area contributed by atoms with Crippen LogP contribution >= 0.6 is 0 Å². The first-order valence-corrected chi connectivity index (χ1v) is 5.48. The van der Waals surface area contributed by atoms with Crippen molar-refractivity contribution >= 4 is 0 Å². The van der Waals surface area contributed by atoms with Crippen LogP contribution in [-0.4, -0.2) is 40.7 Å². The third-order valence-corrected chi connectivity index (χ3v) is 2.64. The summed E-state index contributed by atoms with van der Waals surface area (Å²) in [7, 11) is 4.05. The van der Waals surface area contributed by atoms with Crippen molar-refractivity contribution in [1.29, 1.82) is 0 Å². The van der Waals surface area contributed by atoms with Crippen LogP contribution in [0, 0.1) is 6.92 Å². The second kappa shape index (κ2) is 5.82. The zero-order valence-corrected chi connectivity index (χ0v) is 10.2. The quantitative estimate of drug-likeness (QED) is 0.786. The summed E-state index contributed by atoms with van der Waals surface area (Å²) in [5, 5.41) is 19.0. The molecule has 1 aromatic rings. The van der Waals surface area contributed by atoms with Crippen molar-refractivity contribution in [3.63, 3.8) is 0 Å². The molecule has 0 fully saturated rings. The van der Waals surface area contributed by atoms with E-state index in [1.807, 2.05) is 14.1 Å². The molecule has 0 spiro atoms. The number of pyridine rings is 1. The maximum atomic E-state index is 9.75. The molecule has 0 saturated heterocycles. The number of aliphatic hydroxyl groups is 1. The van der Waals surface area contributed by atoms with E-state index in [2.05, 4.69) is 9.88 Å². The lowest BCUT2D eigenvalue weighted by molar-refractivity contribution is 0.273. The van der Waals surface area contributed by atoms with Gasteiger partial charge < -0.3 is 15.1 Å². The highest BCUT2D eigenvalue weighted by molar-refractivity contribution is 5.40. The molecule has 0 aliphatic heterocycles. The fraction of sp³-hybridized carbons (Fsp3) is 0.583. The molecule has 2 N–H and O–H groups in total. The van der Waals surface area contributed by atoms with Crippen LogP contribution in [-0.2, 0) is 13.0 Å². The zero-order chi connectivity index (χ0) is 12.1. The van der Waals surface area contributed by atoms with Gasteiger partial charge in [0.2, 0.25) is 0 Å². The molecule has 0 aliphatic rings. The molecule has 0 radical (unpaired) electrons. The van der Waals surface area contributed by atoms with Gasteiger partial charge >= 0.3 is 0 Å². The van der Waals surface area contributed by atoms with E-state index in [-0.39, 0.29) is 12.4 Å². The Morgan fingerprint density at radius 2 is 2.06 bits per heavy atom. The fourth-order valence-corrected chi connectivity index (χ4v) is 1.66. The lowest BCUT2D eigenvalue weighted by atomic mass is 10.0. The van der Waals surface area contributed by atoms with Gasteiger partial charge in [-0.05, 0) is 46.0 Å². The Morgan fingerprint density at radius 3 is 2.62 bits per heavy atom. The summed E-state index contributed by atoms with van der Waals surface area (Å²) < 4.78 is 0. The number of aliphatic hydroxyl groups excluding tert-OH is 1. The number of aryl methyl sites for hydroxylation is 2. The molecular weight excluding hydrogens is 204 g/mol. The van der Waals surface area contributed by atoms with Gasteiger partial charge in [0.25, 0.3) is 0 Å². The maximum Gasteiger partial charge on any atom is 0.142 e. The standard InChI is InChI=1S/C12H20N2O2/c1-9-12(16)11(8-15)10(7-13-9)5-4-6-14(2)3/h7,15-16H,4-6,8H2,1-3H3. The van der Waals surface area contributed by atoms with Gasteiger partial charge in [0, 0.05) is 11.8 Å². The molecule has 0 unspecified atom stereocenters. The van der Waals surface area contributed by atoms with Crippen LogP contribution in [0.3, 0.4) is 0 Å². The number of rotatable bonds is 5. The average Bonchev–Trinajstić information content (AvgIpc) is 2.23. The Kier molecular flexibility index (Phi) is 4.71. The minimum Gasteiger partial charge on any atom is -0.506 e. The molecule has 16 heavy (non-hydrogen) atoms. The molecule has 0 saturated carbocycles. The second-order valence-corrected chi connectivity index (χ2v) is 4.26. The highest BCUT2D eigenvalue weighted by atomic mass is 16.3. The van der Waals surface area contributed by atoms with E-state index in [0.29, 0.717) is 11.3 Å². The molecule has 0 aliphatic carbocycles. The summed E-state index contributed by atoms with van der Waals surface area (Å²) in [5.74, 6) is 0.129. The van der Waals surface area contributed by atoms with Crippen LogP contribution in [0.15, 0.2) is 6.20 Å². The van der Waals surface area contributed by atoms with E-state index in [9.17, 15) is 10.2 Å². The average molecular weight is 224 g/mol. The summed E-state index contributed by atoms with van der Waals surface area (Å²) in [6, 6.07) is 0. The van der Waals surface area contributed by atoms with Crippen molar-refractivity contribution in [3.8, 4) is 5.75 Å². The van der Waals surface area contributed by atoms with E-state index in [0.717, 1.165) is 24.9 Å². The van der Waals surface area contributed by atoms with Crippen LogP contribution < -0.4 is 0 Å². The Hall–Kier alpha value is -1.13. The third-order valence-electron chi connectivity index (χ3n) is 2.64. The van der Waals surface area contributed by atoms with Crippen LogP contribution in [0.4, 0.5) is 0 Å². The SMILES string of the molecule is Cc1ncc(CCCN(C)C)c(CO)c1O. The normalized spacial score (nSPS) is 11.1. The van der Waals surface area contributed by atoms with Crippen molar-refractivity contribution in [1.82, 2.24) is 9.88 Å². The molecule has 90 valence electrons. The van der Waals surface area contributed by atoms with Gasteiger partial charge in [0.05, 0.1) is 12.3 Å². The predicted molar refractivity (Wildman–Crippen MR) is 63.4 cm³/mol. The van der Waals surface area contributed by atoms with Crippen molar-refractivity contribution < 1.29 is 10.2 Å². The van der Waals surface area contributed by atoms with E-state index in [4.69, 9.17) is 0 Å². The minimum atomic E-state index is -0.132. The molecule has 0 bridgehead atoms. The Labute approximate surface area is 96.6 Å². The highest BCUT2D eigenvalue weighted by Crippen LogP contribution is 2.24. The summed E-state index contributed by atoms with van der Waals surface area (Å²) in [5.41, 5.74) is 2.12. The lowest BCUT2D eigenvalue weighted by Gasteiger charge is -2.12. The van der Waals surface area contributed by atoms with Crippen molar-refractivity contribution in [2.24, 2.45) is 0 Å². The number of hydrogen-bond donors (Lipinski definition) is 2. The molecule has 1 heterocycles. The van der Waals surface area contributed by atoms with Gasteiger partial charge in [-0.2, -0.15) is 0 Å². The van der Waals surface area contributed by atoms with E-state index in [1.165, 1.54) is 0 Å². The van der Waals surface area contributed by atoms with Gasteiger partial charge in [-0.1, -0.05) is 0 Å². The first-order chi connectivity index (χ1) is 7.56. The largest absolute Gasteiger partial charge is 0.506 e. The third kappa shape index (κ3) is 3.18. The van der Waals surface area contributed by atoms with E-state index in [1.54, 1.807) is 13.1 Å². The number of nitrogens with zero attached hydrogens (tertiary/aromatic N) is 2. The summed E-state index contributed by atoms with van der Waals surface area (Å²) in [6.45, 7) is 2.59. The maximum absolute atomic E-state index is 9.75. The van der Waals surface area contributed by atoms with Crippen LogP contribution in [0.2, 0.25) is 0 Å². The molecule has 4 nitrogen and oxygen atoms in total. The Balaban J connectivity index is 2.76. The van der Waals surface area contributed by atoms with Gasteiger partial charge in [0.1, 0.15) is 5.75 Å². The summed E-state index contributed by atoms with van der Waals surface area (Å²) >= 11 is 0. The predicted octanol–water partition coefficient (Wildman–Crippen LogP) is 1.08. The van der Waals surface area contributed by atoms with Gasteiger partial charge in [0.15, 0.2) is 0 Å². The smallest absolute Gasteiger partial charge is 0.142 e. The Bertz CT molecular complexity index is 351. The zero-order valence-electron chi connectivity index (χ0n) is 10.2. The number of hydrogen-bond acceptors (Lipinski definition) is 4. The molecule has 0 amide bonds. The first kappa shape index (κ1) is 12.9. The summed E-state index contributed by atoms with van der Waals surface area (Å²) in [4.78, 5) is 6.22. The van der Waals surface area contributed by atoms with Crippen LogP contribution in [0.5, 0.6) is 5.75 Å². The molecular formula is C12H20N2O2. The van der Waals surface area contributed by atoms with E-state index < -0.39 is 0 Å². The topological polar surface area (TPSA) is 56.6 Å². The monoisotopic (exact) mass is 224 g/mol. The molecule has 1 rings (SSSR count). The summed E-state index contributed by atoms with van der Waals surface area (Å²) in [6.07, 6.45) is 3.56. The van der Waals surface area contributed by atoms with Gasteiger partial charge in [-0.15, -0.1) is 0 Å². The molecule has 0 atom stereocenters. The van der Waals surface area contributed by atoms with Crippen LogP contribution in [0.1, 0.15) is 23.2 Å². The minimum absolute atomic E-state index is 0.129. The molecule has 1 aromatic heterocycles. The van der Waals surface area contributed by atoms with Crippen molar-refractivity contribution in [2.45, 2.75) is 26.4 Å². The highest BCUT2D eigenvalue weighted by Gasteiger charge is 2.10. The number of aromatic nitrogens is 1. The van der Waals surface area contributed by atoms with Crippen molar-refractivity contribution in [2.75, 3.05) is 20.6 Å². The van der Waals surface area contributed by atoms with E-state index >= 15 is 0 Å². The molecule has 0 aromatic carbocycles. The van der Waals surface area contributed by atoms with Crippen LogP contribution in [0.25, 0.3) is 0 Å². The first-order valence-electron chi connectivity index (χ1n) is 5.48. The number of aromatic hydroxyl groups is 1. The second-order valence-electron chi connectivity index (χ2n) is 4.26. The fourth-order valence-electron chi connectivity index (χ4n) is 1.66. The molecule has 4 heteroatoms.